The lowest BCUT2D eigenvalue weighted by Gasteiger charge is -2.36. The minimum absolute atomic E-state index is 0.00734. The molecular formula is C22H30N4O5. The number of nitrogens with one attached hydrogen (secondary N) is 2. The zero-order valence-corrected chi connectivity index (χ0v) is 18.0. The fraction of sp³-hybridized carbons (Fsp3) is 0.455. The monoisotopic (exact) mass is 430 g/mol. The van der Waals surface area contributed by atoms with Crippen LogP contribution in [0.1, 0.15) is 18.5 Å². The lowest BCUT2D eigenvalue weighted by Crippen LogP contribution is -2.51. The highest BCUT2D eigenvalue weighted by molar-refractivity contribution is 5.95. The Morgan fingerprint density at radius 2 is 2.00 bits per heavy atom. The molecule has 3 N–H and O–H groups in total. The molecule has 2 heterocycles. The number of carbonyl (C=O) groups is 2. The Morgan fingerprint density at radius 3 is 2.65 bits per heavy atom. The number of rotatable bonds is 8. The third-order valence-corrected chi connectivity index (χ3v) is 5.41. The second kappa shape index (κ2) is 10.3. The molecule has 2 aliphatic rings. The number of hydrogen-bond donors (Lipinski definition) is 3. The molecule has 1 unspecified atom stereocenters. The van der Waals surface area contributed by atoms with E-state index in [-0.39, 0.29) is 11.5 Å². The van der Waals surface area contributed by atoms with Crippen molar-refractivity contribution in [2.75, 3.05) is 53.0 Å². The molecule has 1 saturated heterocycles. The second-order valence-corrected chi connectivity index (χ2v) is 7.44. The quantitative estimate of drug-likeness (QED) is 0.423. The maximum atomic E-state index is 12.7. The molecule has 2 aliphatic heterocycles. The van der Waals surface area contributed by atoms with Crippen molar-refractivity contribution in [1.82, 2.24) is 20.4 Å². The SMILES string of the molecule is C=CCN1CCN(CC2=C(C(=O)OC)C(c3ccc(O)c(OCC)c3)NC(=O)N2)CC1. The van der Waals surface area contributed by atoms with Crippen LogP contribution in [0.25, 0.3) is 0 Å². The van der Waals surface area contributed by atoms with Crippen LogP contribution in [0.3, 0.4) is 0 Å². The van der Waals surface area contributed by atoms with Crippen molar-refractivity contribution in [1.29, 1.82) is 0 Å². The predicted molar refractivity (Wildman–Crippen MR) is 116 cm³/mol. The zero-order chi connectivity index (χ0) is 22.4. The van der Waals surface area contributed by atoms with Gasteiger partial charge < -0.3 is 25.2 Å². The fourth-order valence-electron chi connectivity index (χ4n) is 3.86. The summed E-state index contributed by atoms with van der Waals surface area (Å²) in [6.45, 7) is 10.6. The third-order valence-electron chi connectivity index (χ3n) is 5.41. The lowest BCUT2D eigenvalue weighted by molar-refractivity contribution is -0.136. The van der Waals surface area contributed by atoms with Crippen LogP contribution in [-0.2, 0) is 9.53 Å². The van der Waals surface area contributed by atoms with Gasteiger partial charge in [-0.05, 0) is 24.6 Å². The molecule has 1 aromatic carbocycles. The van der Waals surface area contributed by atoms with E-state index >= 15 is 0 Å². The molecule has 9 nitrogen and oxygen atoms in total. The Balaban J connectivity index is 1.90. The molecule has 0 aromatic heterocycles. The summed E-state index contributed by atoms with van der Waals surface area (Å²) in [5.41, 5.74) is 1.47. The Kier molecular flexibility index (Phi) is 7.54. The number of amides is 2. The Bertz CT molecular complexity index is 861. The van der Waals surface area contributed by atoms with Crippen molar-refractivity contribution in [2.24, 2.45) is 0 Å². The highest BCUT2D eigenvalue weighted by Crippen LogP contribution is 2.34. The van der Waals surface area contributed by atoms with E-state index in [2.05, 4.69) is 27.0 Å². The topological polar surface area (TPSA) is 103 Å². The number of ether oxygens (including phenoxy) is 2. The van der Waals surface area contributed by atoms with Crippen molar-refractivity contribution in [3.63, 3.8) is 0 Å². The second-order valence-electron chi connectivity index (χ2n) is 7.44. The van der Waals surface area contributed by atoms with Gasteiger partial charge in [-0.3, -0.25) is 9.80 Å². The van der Waals surface area contributed by atoms with Gasteiger partial charge >= 0.3 is 12.0 Å². The smallest absolute Gasteiger partial charge is 0.338 e. The van der Waals surface area contributed by atoms with Crippen LogP contribution in [-0.4, -0.2) is 79.9 Å². The minimum atomic E-state index is -0.724. The van der Waals surface area contributed by atoms with Crippen LogP contribution < -0.4 is 15.4 Å². The standard InChI is InChI=1S/C22H30N4O5/c1-4-8-25-9-11-26(12-10-25)14-16-19(21(28)30-3)20(24-22(29)23-16)15-6-7-17(27)18(13-15)31-5-2/h4,6-7,13,20,27H,1,5,8-12,14H2,2-3H3,(H2,23,24,29). The highest BCUT2D eigenvalue weighted by atomic mass is 16.5. The van der Waals surface area contributed by atoms with Gasteiger partial charge in [-0.1, -0.05) is 12.1 Å². The normalized spacial score (nSPS) is 20.1. The number of urea groups is 1. The number of phenols is 1. The average Bonchev–Trinajstić information content (AvgIpc) is 2.76. The molecule has 3 rings (SSSR count). The molecule has 0 aliphatic carbocycles. The molecule has 0 bridgehead atoms. The number of methoxy groups -OCH3 is 1. The first-order valence-electron chi connectivity index (χ1n) is 10.4. The van der Waals surface area contributed by atoms with Crippen LogP contribution in [0.2, 0.25) is 0 Å². The fourth-order valence-corrected chi connectivity index (χ4v) is 3.86. The number of piperazine rings is 1. The van der Waals surface area contributed by atoms with Gasteiger partial charge in [0.2, 0.25) is 0 Å². The van der Waals surface area contributed by atoms with Gasteiger partial charge in [0.25, 0.3) is 0 Å². The third kappa shape index (κ3) is 5.36. The first kappa shape index (κ1) is 22.6. The van der Waals surface area contributed by atoms with E-state index in [0.29, 0.717) is 30.0 Å². The molecule has 1 fully saturated rings. The van der Waals surface area contributed by atoms with E-state index < -0.39 is 18.0 Å². The van der Waals surface area contributed by atoms with Gasteiger partial charge in [-0.2, -0.15) is 0 Å². The van der Waals surface area contributed by atoms with Gasteiger partial charge in [0.15, 0.2) is 11.5 Å². The summed E-state index contributed by atoms with van der Waals surface area (Å²) in [4.78, 5) is 29.7. The van der Waals surface area contributed by atoms with Crippen LogP contribution in [0.5, 0.6) is 11.5 Å². The Hall–Kier alpha value is -3.04. The number of carbonyl (C=O) groups excluding carboxylic acids is 2. The van der Waals surface area contributed by atoms with Crippen molar-refractivity contribution < 1.29 is 24.2 Å². The summed E-state index contributed by atoms with van der Waals surface area (Å²) < 4.78 is 10.5. The molecule has 0 spiro atoms. The summed E-state index contributed by atoms with van der Waals surface area (Å²) in [5, 5.41) is 15.6. The number of hydrogen-bond acceptors (Lipinski definition) is 7. The first-order chi connectivity index (χ1) is 15.0. The lowest BCUT2D eigenvalue weighted by atomic mass is 9.94. The molecule has 1 aromatic rings. The van der Waals surface area contributed by atoms with Crippen LogP contribution in [0.15, 0.2) is 42.1 Å². The van der Waals surface area contributed by atoms with Gasteiger partial charge in [0.1, 0.15) is 0 Å². The predicted octanol–water partition coefficient (Wildman–Crippen LogP) is 1.38. The average molecular weight is 431 g/mol. The Labute approximate surface area is 182 Å². The first-order valence-corrected chi connectivity index (χ1v) is 10.4. The summed E-state index contributed by atoms with van der Waals surface area (Å²) in [6, 6.07) is 3.65. The maximum absolute atomic E-state index is 12.7. The van der Waals surface area contributed by atoms with Crippen molar-refractivity contribution in [2.45, 2.75) is 13.0 Å². The van der Waals surface area contributed by atoms with Gasteiger partial charge in [0.05, 0.1) is 25.3 Å². The molecule has 0 radical (unpaired) electrons. The van der Waals surface area contributed by atoms with E-state index in [1.54, 1.807) is 12.1 Å². The van der Waals surface area contributed by atoms with E-state index in [9.17, 15) is 14.7 Å². The number of benzene rings is 1. The van der Waals surface area contributed by atoms with E-state index in [0.717, 1.165) is 32.7 Å². The van der Waals surface area contributed by atoms with Crippen LogP contribution >= 0.6 is 0 Å². The summed E-state index contributed by atoms with van der Waals surface area (Å²) in [6.07, 6.45) is 1.89. The van der Waals surface area contributed by atoms with Gasteiger partial charge in [-0.15, -0.1) is 6.58 Å². The minimum Gasteiger partial charge on any atom is -0.504 e. The van der Waals surface area contributed by atoms with Crippen LogP contribution in [0.4, 0.5) is 4.79 Å². The molecule has 9 heteroatoms. The summed E-state index contributed by atoms with van der Waals surface area (Å²) >= 11 is 0. The number of phenolic OH excluding ortho intramolecular Hbond substituents is 1. The zero-order valence-electron chi connectivity index (χ0n) is 18.0. The molecular weight excluding hydrogens is 400 g/mol. The number of aromatic hydroxyl groups is 1. The van der Waals surface area contributed by atoms with Gasteiger partial charge in [0, 0.05) is 45.0 Å². The van der Waals surface area contributed by atoms with E-state index in [1.807, 2.05) is 13.0 Å². The molecule has 1 atom stereocenters. The molecule has 31 heavy (non-hydrogen) atoms. The summed E-state index contributed by atoms with van der Waals surface area (Å²) in [5.74, 6) is -0.243. The van der Waals surface area contributed by atoms with E-state index in [4.69, 9.17) is 9.47 Å². The van der Waals surface area contributed by atoms with Crippen molar-refractivity contribution in [3.8, 4) is 11.5 Å². The van der Waals surface area contributed by atoms with Gasteiger partial charge in [-0.25, -0.2) is 9.59 Å². The summed E-state index contributed by atoms with van der Waals surface area (Å²) in [7, 11) is 1.32. The van der Waals surface area contributed by atoms with Crippen molar-refractivity contribution >= 4 is 12.0 Å². The maximum Gasteiger partial charge on any atom is 0.338 e. The van der Waals surface area contributed by atoms with Crippen LogP contribution in [0, 0.1) is 0 Å². The Morgan fingerprint density at radius 1 is 1.29 bits per heavy atom. The number of nitrogens with zero attached hydrogens (tertiary/aromatic N) is 2. The molecule has 2 amide bonds. The largest absolute Gasteiger partial charge is 0.504 e. The van der Waals surface area contributed by atoms with Crippen molar-refractivity contribution in [3.05, 3.63) is 47.7 Å². The molecule has 0 saturated carbocycles. The van der Waals surface area contributed by atoms with E-state index in [1.165, 1.54) is 13.2 Å². The highest BCUT2D eigenvalue weighted by Gasteiger charge is 2.34. The molecule has 168 valence electrons. The number of esters is 1.